The van der Waals surface area contributed by atoms with Crippen LogP contribution in [0.3, 0.4) is 0 Å². The van der Waals surface area contributed by atoms with Crippen LogP contribution in [0.15, 0.2) is 40.5 Å². The minimum absolute atomic E-state index is 0.0792. The largest absolute Gasteiger partial charge is 0.486 e. The highest BCUT2D eigenvalue weighted by atomic mass is 32.1. The number of fused-ring (bicyclic) bond motifs is 1. The normalized spacial score (nSPS) is 14.1. The summed E-state index contributed by atoms with van der Waals surface area (Å²) in [5.74, 6) is 0.338. The van der Waals surface area contributed by atoms with Gasteiger partial charge in [0.15, 0.2) is 0 Å². The second kappa shape index (κ2) is 7.58. The molecule has 0 saturated carbocycles. The Hall–Kier alpha value is -2.58. The van der Waals surface area contributed by atoms with Gasteiger partial charge in [-0.25, -0.2) is 14.1 Å². The number of hydrogen-bond acceptors (Lipinski definition) is 6. The van der Waals surface area contributed by atoms with Gasteiger partial charge in [-0.3, -0.25) is 9.69 Å². The summed E-state index contributed by atoms with van der Waals surface area (Å²) in [6.07, 6.45) is 0.828. The summed E-state index contributed by atoms with van der Waals surface area (Å²) in [4.78, 5) is 18.7. The van der Waals surface area contributed by atoms with E-state index in [1.807, 2.05) is 5.38 Å². The van der Waals surface area contributed by atoms with Crippen molar-refractivity contribution in [1.29, 1.82) is 0 Å². The molecule has 1 aliphatic heterocycles. The summed E-state index contributed by atoms with van der Waals surface area (Å²) in [7, 11) is 1.68. The van der Waals surface area contributed by atoms with Gasteiger partial charge in [0, 0.05) is 44.5 Å². The number of ether oxygens (including phenoxy) is 1. The first-order chi connectivity index (χ1) is 13.1. The monoisotopic (exact) mass is 386 g/mol. The molecular weight excluding hydrogens is 367 g/mol. The lowest BCUT2D eigenvalue weighted by molar-refractivity contribution is 0.238. The zero-order chi connectivity index (χ0) is 18.8. The molecule has 3 heterocycles. The highest BCUT2D eigenvalue weighted by molar-refractivity contribution is 7.09. The summed E-state index contributed by atoms with van der Waals surface area (Å²) in [5.41, 5.74) is 2.90. The van der Waals surface area contributed by atoms with E-state index in [4.69, 9.17) is 4.74 Å². The molecule has 8 heteroatoms. The third-order valence-electron chi connectivity index (χ3n) is 4.48. The standard InChI is InChI=1S/C19H19FN4O2S/c1-23-19(25)8-13-9-24(7-6-17(13)22-23)10-15-12-27-18(21-15)11-26-16-4-2-14(20)3-5-16/h2-5,8,12H,6-7,9-11H2,1H3. The molecule has 1 aromatic carbocycles. The number of aromatic nitrogens is 3. The van der Waals surface area contributed by atoms with Gasteiger partial charge in [0.1, 0.15) is 23.2 Å². The van der Waals surface area contributed by atoms with Gasteiger partial charge in [0.05, 0.1) is 11.4 Å². The van der Waals surface area contributed by atoms with E-state index in [0.29, 0.717) is 18.9 Å². The summed E-state index contributed by atoms with van der Waals surface area (Å²) >= 11 is 1.55. The Labute approximate surface area is 159 Å². The van der Waals surface area contributed by atoms with Crippen molar-refractivity contribution in [2.45, 2.75) is 26.1 Å². The van der Waals surface area contributed by atoms with Crippen LogP contribution in [0.1, 0.15) is 22.0 Å². The number of benzene rings is 1. The lowest BCUT2D eigenvalue weighted by Crippen LogP contribution is -2.34. The zero-order valence-corrected chi connectivity index (χ0v) is 15.7. The number of nitrogens with zero attached hydrogens (tertiary/aromatic N) is 4. The second-order valence-electron chi connectivity index (χ2n) is 6.51. The summed E-state index contributed by atoms with van der Waals surface area (Å²) in [6.45, 7) is 2.68. The third-order valence-corrected chi connectivity index (χ3v) is 5.35. The Bertz CT molecular complexity index is 1000. The van der Waals surface area contributed by atoms with E-state index in [1.54, 1.807) is 36.6 Å². The smallest absolute Gasteiger partial charge is 0.266 e. The van der Waals surface area contributed by atoms with Crippen molar-refractivity contribution in [1.82, 2.24) is 19.7 Å². The molecule has 1 aliphatic rings. The van der Waals surface area contributed by atoms with Gasteiger partial charge in [-0.1, -0.05) is 0 Å². The molecule has 0 atom stereocenters. The molecule has 27 heavy (non-hydrogen) atoms. The molecule has 4 rings (SSSR count). The van der Waals surface area contributed by atoms with Crippen LogP contribution in [-0.2, 0) is 33.2 Å². The second-order valence-corrected chi connectivity index (χ2v) is 7.46. The van der Waals surface area contributed by atoms with Crippen LogP contribution in [0, 0.1) is 5.82 Å². The van der Waals surface area contributed by atoms with Crippen LogP contribution in [0.2, 0.25) is 0 Å². The topological polar surface area (TPSA) is 60.2 Å². The van der Waals surface area contributed by atoms with Gasteiger partial charge in [0.2, 0.25) is 0 Å². The molecule has 2 aromatic heterocycles. The predicted molar refractivity (Wildman–Crippen MR) is 100 cm³/mol. The first-order valence-electron chi connectivity index (χ1n) is 8.67. The fourth-order valence-electron chi connectivity index (χ4n) is 3.08. The number of thiazole rings is 1. The molecule has 0 fully saturated rings. The molecule has 0 radical (unpaired) electrons. The first-order valence-corrected chi connectivity index (χ1v) is 9.55. The van der Waals surface area contributed by atoms with Crippen LogP contribution in [-0.4, -0.2) is 26.2 Å². The molecule has 0 aliphatic carbocycles. The van der Waals surface area contributed by atoms with Gasteiger partial charge < -0.3 is 4.74 Å². The molecule has 0 saturated heterocycles. The Kier molecular flexibility index (Phi) is 5.00. The fraction of sp³-hybridized carbons (Fsp3) is 0.316. The number of halogens is 1. The Balaban J connectivity index is 1.36. The van der Waals surface area contributed by atoms with Crippen LogP contribution >= 0.6 is 11.3 Å². The minimum Gasteiger partial charge on any atom is -0.486 e. The first kappa shape index (κ1) is 17.8. The average Bonchev–Trinajstić information content (AvgIpc) is 3.10. The maximum absolute atomic E-state index is 12.9. The van der Waals surface area contributed by atoms with E-state index in [-0.39, 0.29) is 11.4 Å². The van der Waals surface area contributed by atoms with E-state index in [2.05, 4.69) is 15.0 Å². The van der Waals surface area contributed by atoms with Crippen LogP contribution in [0.25, 0.3) is 0 Å². The number of rotatable bonds is 5. The zero-order valence-electron chi connectivity index (χ0n) is 14.9. The molecular formula is C19H19FN4O2S. The number of aryl methyl sites for hydroxylation is 1. The summed E-state index contributed by atoms with van der Waals surface area (Å²) < 4.78 is 20.0. The quantitative estimate of drug-likeness (QED) is 0.674. The van der Waals surface area contributed by atoms with Gasteiger partial charge in [-0.15, -0.1) is 11.3 Å². The van der Waals surface area contributed by atoms with Crippen molar-refractivity contribution in [3.63, 3.8) is 0 Å². The maximum atomic E-state index is 12.9. The maximum Gasteiger partial charge on any atom is 0.266 e. The molecule has 6 nitrogen and oxygen atoms in total. The lowest BCUT2D eigenvalue weighted by atomic mass is 10.1. The molecule has 0 unspecified atom stereocenters. The predicted octanol–water partition coefficient (Wildman–Crippen LogP) is 2.51. The van der Waals surface area contributed by atoms with E-state index in [9.17, 15) is 9.18 Å². The van der Waals surface area contributed by atoms with Crippen LogP contribution < -0.4 is 10.3 Å². The highest BCUT2D eigenvalue weighted by Crippen LogP contribution is 2.20. The Morgan fingerprint density at radius 3 is 2.93 bits per heavy atom. The van der Waals surface area contributed by atoms with Gasteiger partial charge in [0.25, 0.3) is 5.56 Å². The van der Waals surface area contributed by atoms with Crippen molar-refractivity contribution in [2.75, 3.05) is 6.54 Å². The lowest BCUT2D eigenvalue weighted by Gasteiger charge is -2.27. The van der Waals surface area contributed by atoms with E-state index >= 15 is 0 Å². The van der Waals surface area contributed by atoms with Gasteiger partial charge >= 0.3 is 0 Å². The van der Waals surface area contributed by atoms with Crippen molar-refractivity contribution >= 4 is 11.3 Å². The minimum atomic E-state index is -0.282. The van der Waals surface area contributed by atoms with Crippen molar-refractivity contribution in [2.24, 2.45) is 7.05 Å². The van der Waals surface area contributed by atoms with Crippen molar-refractivity contribution in [3.8, 4) is 5.75 Å². The molecule has 0 amide bonds. The summed E-state index contributed by atoms with van der Waals surface area (Å²) in [6, 6.07) is 7.64. The molecule has 140 valence electrons. The Morgan fingerprint density at radius 2 is 2.11 bits per heavy atom. The van der Waals surface area contributed by atoms with E-state index in [1.165, 1.54) is 16.8 Å². The molecule has 0 N–H and O–H groups in total. The molecule has 0 spiro atoms. The highest BCUT2D eigenvalue weighted by Gasteiger charge is 2.19. The van der Waals surface area contributed by atoms with Crippen LogP contribution in [0.4, 0.5) is 4.39 Å². The Morgan fingerprint density at radius 1 is 1.30 bits per heavy atom. The van der Waals surface area contributed by atoms with Gasteiger partial charge in [-0.2, -0.15) is 5.10 Å². The third kappa shape index (κ3) is 4.23. The van der Waals surface area contributed by atoms with Crippen molar-refractivity contribution in [3.05, 3.63) is 73.8 Å². The average molecular weight is 386 g/mol. The van der Waals surface area contributed by atoms with E-state index < -0.39 is 0 Å². The van der Waals surface area contributed by atoms with Crippen LogP contribution in [0.5, 0.6) is 5.75 Å². The van der Waals surface area contributed by atoms with E-state index in [0.717, 1.165) is 41.5 Å². The SMILES string of the molecule is Cn1nc2c(cc1=O)CN(Cc1csc(COc3ccc(F)cc3)n1)CC2. The van der Waals surface area contributed by atoms with Gasteiger partial charge in [-0.05, 0) is 29.8 Å². The molecule has 0 bridgehead atoms. The number of hydrogen-bond donors (Lipinski definition) is 0. The summed E-state index contributed by atoms with van der Waals surface area (Å²) in [5, 5.41) is 7.25. The molecule has 3 aromatic rings. The fourth-order valence-corrected chi connectivity index (χ4v) is 3.78. The van der Waals surface area contributed by atoms with Crippen molar-refractivity contribution < 1.29 is 9.13 Å².